The van der Waals surface area contributed by atoms with E-state index < -0.39 is 6.10 Å². The minimum Gasteiger partial charge on any atom is -0.508 e. The Bertz CT molecular complexity index is 837. The van der Waals surface area contributed by atoms with Crippen LogP contribution in [0.4, 0.5) is 4.39 Å². The number of rotatable bonds is 11. The molecule has 0 amide bonds. The number of hydrogen-bond donors (Lipinski definition) is 3. The minimum absolute atomic E-state index is 0.0219. The van der Waals surface area contributed by atoms with Crippen molar-refractivity contribution in [3.63, 3.8) is 0 Å². The van der Waals surface area contributed by atoms with Crippen LogP contribution in [-0.4, -0.2) is 75.8 Å². The van der Waals surface area contributed by atoms with Gasteiger partial charge in [0.05, 0.1) is 18.9 Å². The van der Waals surface area contributed by atoms with E-state index in [1.54, 1.807) is 0 Å². The number of ether oxygens (including phenoxy) is 1. The number of thioether (sulfide) groups is 1. The first-order valence-corrected chi connectivity index (χ1v) is 14.0. The molecule has 2 heterocycles. The summed E-state index contributed by atoms with van der Waals surface area (Å²) in [4.78, 5) is 2.21. The van der Waals surface area contributed by atoms with Crippen LogP contribution in [-0.2, 0) is 4.74 Å². The fraction of sp³-hybridized carbons (Fsp3) is 0.643. The molecule has 2 aliphatic carbocycles. The third-order valence-electron chi connectivity index (χ3n) is 7.83. The van der Waals surface area contributed by atoms with Crippen LogP contribution in [0.25, 0.3) is 0 Å². The maximum atomic E-state index is 12.3. The molecule has 2 fully saturated rings. The van der Waals surface area contributed by atoms with Crippen LogP contribution in [0.1, 0.15) is 32.1 Å². The van der Waals surface area contributed by atoms with Gasteiger partial charge in [-0.15, -0.1) is 0 Å². The first-order chi connectivity index (χ1) is 17.0. The van der Waals surface area contributed by atoms with Crippen molar-refractivity contribution in [3.8, 4) is 0 Å². The predicted molar refractivity (Wildman–Crippen MR) is 140 cm³/mol. The van der Waals surface area contributed by atoms with E-state index in [-0.39, 0.29) is 42.4 Å². The van der Waals surface area contributed by atoms with Crippen LogP contribution < -0.4 is 0 Å². The van der Waals surface area contributed by atoms with Gasteiger partial charge in [0.25, 0.3) is 0 Å². The lowest BCUT2D eigenvalue weighted by atomic mass is 9.73. The molecule has 0 radical (unpaired) electrons. The van der Waals surface area contributed by atoms with E-state index in [0.717, 1.165) is 50.4 Å². The zero-order valence-electron chi connectivity index (χ0n) is 20.4. The van der Waals surface area contributed by atoms with Gasteiger partial charge in [0.15, 0.2) is 0 Å². The molecule has 3 N–H and O–H groups in total. The van der Waals surface area contributed by atoms with Gasteiger partial charge < -0.3 is 20.1 Å². The van der Waals surface area contributed by atoms with Gasteiger partial charge in [-0.2, -0.15) is 11.8 Å². The average Bonchev–Trinajstić information content (AvgIpc) is 3.28. The Balaban J connectivity index is 1.37. The van der Waals surface area contributed by atoms with Crippen molar-refractivity contribution in [1.82, 2.24) is 4.90 Å². The number of likely N-dealkylation sites (tertiary alicyclic amines) is 1. The van der Waals surface area contributed by atoms with E-state index in [4.69, 9.17) is 4.74 Å². The summed E-state index contributed by atoms with van der Waals surface area (Å²) < 4.78 is 18.4. The number of aliphatic hydroxyl groups is 3. The van der Waals surface area contributed by atoms with Crippen LogP contribution >= 0.6 is 11.8 Å². The summed E-state index contributed by atoms with van der Waals surface area (Å²) in [5.41, 5.74) is 0. The fourth-order valence-corrected chi connectivity index (χ4v) is 7.69. The normalized spacial score (nSPS) is 34.9. The summed E-state index contributed by atoms with van der Waals surface area (Å²) in [6.07, 6.45) is 16.5. The standard InChI is InChI=1S/C28H40FNO4S/c1-2-22(31)9-6-21-18-35-28(20-4-10-23(32)11-5-20)26(21)27(33)19-7-12-24(13-8-19)34-25-16-30(17-25)15-3-14-29/h2,4,7,9-10,12-13,19-21,23,25-28,31-33H,1,3,5-6,8,11,14-18H2/b22-9+/t19-,20-,21?,23+,26-,27-,28?/m0/s1. The number of nitrogens with zero attached hydrogens (tertiary/aromatic N) is 1. The third-order valence-corrected chi connectivity index (χ3v) is 9.50. The Labute approximate surface area is 213 Å². The minimum atomic E-state index is -0.492. The molecule has 2 unspecified atom stereocenters. The van der Waals surface area contributed by atoms with Crippen molar-refractivity contribution >= 4 is 11.8 Å². The highest BCUT2D eigenvalue weighted by molar-refractivity contribution is 8.00. The zero-order chi connectivity index (χ0) is 24.8. The molecule has 2 saturated heterocycles. The highest BCUT2D eigenvalue weighted by Gasteiger charge is 2.45. The van der Waals surface area contributed by atoms with Gasteiger partial charge in [0.2, 0.25) is 0 Å². The molecule has 0 saturated carbocycles. The van der Waals surface area contributed by atoms with Crippen molar-refractivity contribution in [1.29, 1.82) is 0 Å². The van der Waals surface area contributed by atoms with E-state index in [0.29, 0.717) is 24.0 Å². The first-order valence-electron chi connectivity index (χ1n) is 13.0. The molecule has 2 aliphatic heterocycles. The second-order valence-corrected chi connectivity index (χ2v) is 11.5. The number of allylic oxidation sites excluding steroid dienone is 5. The molecule has 0 bridgehead atoms. The van der Waals surface area contributed by atoms with Crippen LogP contribution in [0.2, 0.25) is 0 Å². The summed E-state index contributed by atoms with van der Waals surface area (Å²) in [5.74, 6) is 2.72. The fourth-order valence-electron chi connectivity index (χ4n) is 5.79. The molecule has 4 rings (SSSR count). The monoisotopic (exact) mass is 505 g/mol. The van der Waals surface area contributed by atoms with E-state index >= 15 is 0 Å². The zero-order valence-corrected chi connectivity index (χ0v) is 21.2. The Morgan fingerprint density at radius 3 is 2.77 bits per heavy atom. The first kappa shape index (κ1) is 26.5. The summed E-state index contributed by atoms with van der Waals surface area (Å²) >= 11 is 1.92. The Hall–Kier alpha value is -1.54. The predicted octanol–water partition coefficient (Wildman–Crippen LogP) is 4.56. The SMILES string of the molecule is C=C/C(O)=C\CC1CSC([C@H]2C=C[C@@H](O)CC2)[C@@H]1[C@@H](O)[C@H]1C=CC(OC2CN(CCCF)C2)=CC1. The van der Waals surface area contributed by atoms with Crippen molar-refractivity contribution in [3.05, 3.63) is 60.6 Å². The van der Waals surface area contributed by atoms with E-state index in [2.05, 4.69) is 29.7 Å². The quantitative estimate of drug-likeness (QED) is 0.217. The molecule has 0 aromatic heterocycles. The number of alkyl halides is 1. The van der Waals surface area contributed by atoms with Gasteiger partial charge >= 0.3 is 0 Å². The van der Waals surface area contributed by atoms with E-state index in [1.807, 2.05) is 30.0 Å². The Morgan fingerprint density at radius 1 is 1.29 bits per heavy atom. The average molecular weight is 506 g/mol. The molecular weight excluding hydrogens is 465 g/mol. The lowest BCUT2D eigenvalue weighted by Gasteiger charge is -2.40. The summed E-state index contributed by atoms with van der Waals surface area (Å²) in [6.45, 7) is 5.83. The van der Waals surface area contributed by atoms with E-state index in [9.17, 15) is 19.7 Å². The smallest absolute Gasteiger partial charge is 0.124 e. The molecule has 7 atom stereocenters. The van der Waals surface area contributed by atoms with Gasteiger partial charge in [-0.25, -0.2) is 0 Å². The molecule has 35 heavy (non-hydrogen) atoms. The Kier molecular flexibility index (Phi) is 9.56. The molecule has 4 aliphatic rings. The largest absolute Gasteiger partial charge is 0.508 e. The molecule has 7 heteroatoms. The third kappa shape index (κ3) is 6.82. The lowest BCUT2D eigenvalue weighted by Crippen LogP contribution is -2.52. The molecule has 0 spiro atoms. The maximum absolute atomic E-state index is 12.3. The maximum Gasteiger partial charge on any atom is 0.124 e. The van der Waals surface area contributed by atoms with Crippen LogP contribution in [0.15, 0.2) is 60.6 Å². The van der Waals surface area contributed by atoms with Gasteiger partial charge in [0, 0.05) is 36.7 Å². The van der Waals surface area contributed by atoms with Crippen molar-refractivity contribution < 1.29 is 24.4 Å². The second kappa shape index (κ2) is 12.6. The van der Waals surface area contributed by atoms with Gasteiger partial charge in [-0.1, -0.05) is 24.8 Å². The molecule has 194 valence electrons. The van der Waals surface area contributed by atoms with Crippen molar-refractivity contribution in [2.24, 2.45) is 23.7 Å². The van der Waals surface area contributed by atoms with Crippen molar-refractivity contribution in [2.75, 3.05) is 32.1 Å². The van der Waals surface area contributed by atoms with Crippen LogP contribution in [0, 0.1) is 23.7 Å². The number of aliphatic hydroxyl groups excluding tert-OH is 3. The Morgan fingerprint density at radius 2 is 2.11 bits per heavy atom. The topological polar surface area (TPSA) is 73.2 Å². The lowest BCUT2D eigenvalue weighted by molar-refractivity contribution is -0.0198. The second-order valence-electron chi connectivity index (χ2n) is 10.3. The molecule has 0 aromatic rings. The highest BCUT2D eigenvalue weighted by Crippen LogP contribution is 2.48. The summed E-state index contributed by atoms with van der Waals surface area (Å²) in [7, 11) is 0. The molecular formula is C28H40FNO4S. The molecule has 5 nitrogen and oxygen atoms in total. The van der Waals surface area contributed by atoms with Crippen LogP contribution in [0.3, 0.4) is 0 Å². The number of hydrogen-bond acceptors (Lipinski definition) is 6. The highest BCUT2D eigenvalue weighted by atomic mass is 32.2. The molecule has 0 aromatic carbocycles. The van der Waals surface area contributed by atoms with Crippen LogP contribution in [0.5, 0.6) is 0 Å². The van der Waals surface area contributed by atoms with Gasteiger partial charge in [-0.05, 0) is 74.0 Å². The summed E-state index contributed by atoms with van der Waals surface area (Å²) in [5, 5.41) is 31.7. The van der Waals surface area contributed by atoms with E-state index in [1.165, 1.54) is 6.08 Å². The van der Waals surface area contributed by atoms with Crippen molar-refractivity contribution in [2.45, 2.75) is 55.7 Å². The number of halogens is 1. The van der Waals surface area contributed by atoms with Gasteiger partial charge in [-0.3, -0.25) is 9.29 Å². The summed E-state index contributed by atoms with van der Waals surface area (Å²) in [6, 6.07) is 0. The van der Waals surface area contributed by atoms with Gasteiger partial charge in [0.1, 0.15) is 17.6 Å².